The van der Waals surface area contributed by atoms with Crippen LogP contribution in [-0.2, 0) is 0 Å². The summed E-state index contributed by atoms with van der Waals surface area (Å²) in [5, 5.41) is 6.71. The molecule has 0 radical (unpaired) electrons. The predicted molar refractivity (Wildman–Crippen MR) is 123 cm³/mol. The van der Waals surface area contributed by atoms with Crippen LogP contribution in [0.5, 0.6) is 0 Å². The summed E-state index contributed by atoms with van der Waals surface area (Å²) in [5.74, 6) is -0.181. The van der Waals surface area contributed by atoms with E-state index in [2.05, 4.69) is 20.4 Å². The molecule has 0 fully saturated rings. The van der Waals surface area contributed by atoms with Gasteiger partial charge in [0.2, 0.25) is 0 Å². The Morgan fingerprint density at radius 2 is 1.07 bits per heavy atom. The van der Waals surface area contributed by atoms with E-state index in [0.717, 1.165) is 50.4 Å². The molecule has 2 N–H and O–H groups in total. The van der Waals surface area contributed by atoms with Crippen molar-refractivity contribution < 1.29 is 9.59 Å². The van der Waals surface area contributed by atoms with Crippen molar-refractivity contribution >= 4 is 22.9 Å². The van der Waals surface area contributed by atoms with Gasteiger partial charge in [0.25, 0.3) is 0 Å². The summed E-state index contributed by atoms with van der Waals surface area (Å²) in [7, 11) is 8.15. The van der Waals surface area contributed by atoms with E-state index >= 15 is 0 Å². The Morgan fingerprint density at radius 1 is 0.667 bits per heavy atom. The lowest BCUT2D eigenvalue weighted by atomic mass is 9.82. The fourth-order valence-corrected chi connectivity index (χ4v) is 3.77. The molecule has 1 aliphatic rings. The summed E-state index contributed by atoms with van der Waals surface area (Å²) in [4.78, 5) is 31.0. The minimum atomic E-state index is -0.0905. The van der Waals surface area contributed by atoms with E-state index in [-0.39, 0.29) is 11.6 Å². The van der Waals surface area contributed by atoms with Gasteiger partial charge in [-0.2, -0.15) is 0 Å². The predicted octanol–water partition coefficient (Wildman–Crippen LogP) is 3.19. The van der Waals surface area contributed by atoms with Crippen molar-refractivity contribution in [2.75, 3.05) is 65.0 Å². The first kappa shape index (κ1) is 22.0. The molecule has 0 amide bonds. The van der Waals surface area contributed by atoms with Gasteiger partial charge >= 0.3 is 0 Å². The van der Waals surface area contributed by atoms with Crippen LogP contribution in [0.2, 0.25) is 0 Å². The number of carbonyl (C=O) groups is 2. The molecule has 0 spiro atoms. The molecule has 0 aliphatic heterocycles. The first-order valence-electron chi connectivity index (χ1n) is 10.5. The molecule has 0 heterocycles. The first-order chi connectivity index (χ1) is 14.4. The van der Waals surface area contributed by atoms with Crippen molar-refractivity contribution in [3.63, 3.8) is 0 Å². The molecular formula is C24H32N4O2. The Hall–Kier alpha value is -2.70. The van der Waals surface area contributed by atoms with Crippen molar-refractivity contribution in [2.24, 2.45) is 0 Å². The average Bonchev–Trinajstić information content (AvgIpc) is 2.72. The zero-order valence-electron chi connectivity index (χ0n) is 18.4. The number of fused-ring (bicyclic) bond motifs is 2. The number of hydrogen-bond donors (Lipinski definition) is 2. The summed E-state index contributed by atoms with van der Waals surface area (Å²) in [6.07, 6.45) is 1.91. The molecule has 6 heteroatoms. The SMILES string of the molecule is CN(C)CCCNc1cccc2c1C(=O)c1cccc(NCCCN(C)C)c1C2=O. The second-order valence-corrected chi connectivity index (χ2v) is 8.28. The average molecular weight is 409 g/mol. The Bertz CT molecular complexity index is 846. The van der Waals surface area contributed by atoms with Crippen LogP contribution in [0, 0.1) is 0 Å². The van der Waals surface area contributed by atoms with Crippen molar-refractivity contribution in [3.05, 3.63) is 58.7 Å². The van der Waals surface area contributed by atoms with Crippen LogP contribution in [0.3, 0.4) is 0 Å². The van der Waals surface area contributed by atoms with Gasteiger partial charge in [0, 0.05) is 35.6 Å². The molecule has 160 valence electrons. The van der Waals surface area contributed by atoms with E-state index in [1.165, 1.54) is 0 Å². The molecule has 6 nitrogen and oxygen atoms in total. The third kappa shape index (κ3) is 4.89. The number of carbonyl (C=O) groups excluding carboxylic acids is 2. The fraction of sp³-hybridized carbons (Fsp3) is 0.417. The summed E-state index contributed by atoms with van der Waals surface area (Å²) >= 11 is 0. The van der Waals surface area contributed by atoms with E-state index in [1.54, 1.807) is 12.1 Å². The quantitative estimate of drug-likeness (QED) is 0.503. The minimum absolute atomic E-state index is 0.0905. The second-order valence-electron chi connectivity index (χ2n) is 8.28. The lowest BCUT2D eigenvalue weighted by Crippen LogP contribution is -2.25. The highest BCUT2D eigenvalue weighted by molar-refractivity contribution is 6.31. The fourth-order valence-electron chi connectivity index (χ4n) is 3.77. The molecule has 0 saturated carbocycles. The van der Waals surface area contributed by atoms with Gasteiger partial charge in [0.1, 0.15) is 0 Å². The van der Waals surface area contributed by atoms with Crippen LogP contribution in [0.15, 0.2) is 36.4 Å². The Balaban J connectivity index is 1.84. The van der Waals surface area contributed by atoms with Crippen LogP contribution < -0.4 is 10.6 Å². The number of rotatable bonds is 10. The third-order valence-corrected chi connectivity index (χ3v) is 5.27. The zero-order chi connectivity index (χ0) is 21.7. The summed E-state index contributed by atoms with van der Waals surface area (Å²) in [6, 6.07) is 11.0. The largest absolute Gasteiger partial charge is 0.384 e. The number of nitrogens with zero attached hydrogens (tertiary/aromatic N) is 2. The minimum Gasteiger partial charge on any atom is -0.384 e. The van der Waals surface area contributed by atoms with Crippen LogP contribution >= 0.6 is 0 Å². The monoisotopic (exact) mass is 408 g/mol. The van der Waals surface area contributed by atoms with Crippen LogP contribution in [-0.4, -0.2) is 75.7 Å². The maximum absolute atomic E-state index is 13.4. The van der Waals surface area contributed by atoms with Crippen molar-refractivity contribution in [1.29, 1.82) is 0 Å². The van der Waals surface area contributed by atoms with Gasteiger partial charge in [-0.25, -0.2) is 0 Å². The van der Waals surface area contributed by atoms with Crippen LogP contribution in [0.4, 0.5) is 11.4 Å². The third-order valence-electron chi connectivity index (χ3n) is 5.27. The number of anilines is 2. The molecule has 3 rings (SSSR count). The second kappa shape index (κ2) is 9.87. The molecule has 2 aromatic rings. The maximum Gasteiger partial charge on any atom is 0.196 e. The Morgan fingerprint density at radius 3 is 1.43 bits per heavy atom. The van der Waals surface area contributed by atoms with E-state index in [1.807, 2.05) is 52.5 Å². The molecule has 0 aromatic heterocycles. The van der Waals surface area contributed by atoms with E-state index in [4.69, 9.17) is 0 Å². The zero-order valence-corrected chi connectivity index (χ0v) is 18.4. The standard InChI is InChI=1S/C24H32N4O2/c1-27(2)15-7-13-25-19-11-5-9-17-21(19)23(29)18-10-6-12-20(22(18)24(17)30)26-14-8-16-28(3)4/h5-6,9-12,25-26H,7-8,13-16H2,1-4H3. The van der Waals surface area contributed by atoms with Gasteiger partial charge in [-0.3, -0.25) is 9.59 Å². The topological polar surface area (TPSA) is 64.7 Å². The molecule has 1 aliphatic carbocycles. The van der Waals surface area contributed by atoms with Gasteiger partial charge in [-0.1, -0.05) is 24.3 Å². The molecule has 0 saturated heterocycles. The van der Waals surface area contributed by atoms with Crippen molar-refractivity contribution in [2.45, 2.75) is 12.8 Å². The summed E-state index contributed by atoms with van der Waals surface area (Å²) < 4.78 is 0. The van der Waals surface area contributed by atoms with Crippen molar-refractivity contribution in [3.8, 4) is 0 Å². The van der Waals surface area contributed by atoms with Gasteiger partial charge in [-0.15, -0.1) is 0 Å². The molecule has 2 aromatic carbocycles. The van der Waals surface area contributed by atoms with Crippen molar-refractivity contribution in [1.82, 2.24) is 9.80 Å². The molecule has 0 unspecified atom stereocenters. The van der Waals surface area contributed by atoms with Crippen LogP contribution in [0.25, 0.3) is 0 Å². The van der Waals surface area contributed by atoms with E-state index in [0.29, 0.717) is 22.3 Å². The molecule has 0 atom stereocenters. The maximum atomic E-state index is 13.4. The highest BCUT2D eigenvalue weighted by Crippen LogP contribution is 2.35. The lowest BCUT2D eigenvalue weighted by Gasteiger charge is -2.23. The van der Waals surface area contributed by atoms with Gasteiger partial charge in [0.05, 0.1) is 11.1 Å². The van der Waals surface area contributed by atoms with E-state index < -0.39 is 0 Å². The first-order valence-corrected chi connectivity index (χ1v) is 10.5. The van der Waals surface area contributed by atoms with Crippen LogP contribution in [0.1, 0.15) is 44.7 Å². The summed E-state index contributed by atoms with van der Waals surface area (Å²) in [5.41, 5.74) is 3.41. The van der Waals surface area contributed by atoms with E-state index in [9.17, 15) is 9.59 Å². The number of benzene rings is 2. The highest BCUT2D eigenvalue weighted by Gasteiger charge is 2.33. The number of nitrogens with one attached hydrogen (secondary N) is 2. The van der Waals surface area contributed by atoms with Gasteiger partial charge < -0.3 is 20.4 Å². The Kier molecular flexibility index (Phi) is 7.24. The molecular weight excluding hydrogens is 376 g/mol. The number of hydrogen-bond acceptors (Lipinski definition) is 6. The smallest absolute Gasteiger partial charge is 0.196 e. The molecule has 0 bridgehead atoms. The Labute approximate surface area is 179 Å². The lowest BCUT2D eigenvalue weighted by molar-refractivity contribution is 0.0980. The van der Waals surface area contributed by atoms with Gasteiger partial charge in [-0.05, 0) is 66.3 Å². The normalized spacial score (nSPS) is 12.9. The molecule has 30 heavy (non-hydrogen) atoms. The summed E-state index contributed by atoms with van der Waals surface area (Å²) in [6.45, 7) is 3.41. The highest BCUT2D eigenvalue weighted by atomic mass is 16.1. The van der Waals surface area contributed by atoms with Gasteiger partial charge in [0.15, 0.2) is 11.6 Å². The number of ketones is 2.